The summed E-state index contributed by atoms with van der Waals surface area (Å²) in [5.41, 5.74) is 0. The molecule has 1 aliphatic heterocycles. The Morgan fingerprint density at radius 3 is 2.74 bits per heavy atom. The number of carbonyl (C=O) groups excluding carboxylic acids is 2. The number of amides is 1. The fourth-order valence-electron chi connectivity index (χ4n) is 1.72. The maximum absolute atomic E-state index is 12.1. The van der Waals surface area contributed by atoms with Crippen molar-refractivity contribution in [2.24, 2.45) is 0 Å². The minimum absolute atomic E-state index is 0.114. The smallest absolute Gasteiger partial charge is 0.325 e. The van der Waals surface area contributed by atoms with E-state index in [1.807, 2.05) is 6.07 Å². The first-order valence-electron chi connectivity index (χ1n) is 5.82. The fourth-order valence-corrected chi connectivity index (χ4v) is 1.72. The van der Waals surface area contributed by atoms with E-state index in [2.05, 4.69) is 4.74 Å². The van der Waals surface area contributed by atoms with Crippen LogP contribution in [-0.2, 0) is 14.3 Å². The lowest BCUT2D eigenvalue weighted by atomic mass is 10.2. The van der Waals surface area contributed by atoms with E-state index in [0.717, 1.165) is 0 Å². The molecule has 19 heavy (non-hydrogen) atoms. The SMILES string of the molecule is COC(=O)CN(C)C(=O)C1COc2ccccc2O1. The van der Waals surface area contributed by atoms with Crippen molar-refractivity contribution in [2.75, 3.05) is 27.3 Å². The largest absolute Gasteiger partial charge is 0.485 e. The Hall–Kier alpha value is -2.24. The molecule has 1 atom stereocenters. The first kappa shape index (κ1) is 13.2. The summed E-state index contributed by atoms with van der Waals surface area (Å²) in [6.45, 7) is 0.0121. The summed E-state index contributed by atoms with van der Waals surface area (Å²) < 4.78 is 15.5. The van der Waals surface area contributed by atoms with Crippen LogP contribution in [0.5, 0.6) is 11.5 Å². The number of fused-ring (bicyclic) bond motifs is 1. The number of benzene rings is 1. The van der Waals surface area contributed by atoms with Crippen LogP contribution in [0.15, 0.2) is 24.3 Å². The second-order valence-corrected chi connectivity index (χ2v) is 4.13. The van der Waals surface area contributed by atoms with Crippen molar-refractivity contribution >= 4 is 11.9 Å². The Morgan fingerprint density at radius 2 is 2.05 bits per heavy atom. The van der Waals surface area contributed by atoms with E-state index in [-0.39, 0.29) is 19.1 Å². The van der Waals surface area contributed by atoms with Crippen LogP contribution in [0.3, 0.4) is 0 Å². The zero-order chi connectivity index (χ0) is 13.8. The zero-order valence-electron chi connectivity index (χ0n) is 10.8. The number of nitrogens with zero attached hydrogens (tertiary/aromatic N) is 1. The molecule has 1 heterocycles. The summed E-state index contributed by atoms with van der Waals surface area (Å²) in [5.74, 6) is 0.341. The van der Waals surface area contributed by atoms with Gasteiger partial charge in [-0.15, -0.1) is 0 Å². The van der Waals surface area contributed by atoms with Crippen LogP contribution < -0.4 is 9.47 Å². The van der Waals surface area contributed by atoms with Crippen LogP contribution in [0.1, 0.15) is 0 Å². The normalized spacial score (nSPS) is 16.6. The molecule has 2 rings (SSSR count). The first-order chi connectivity index (χ1) is 9.11. The van der Waals surface area contributed by atoms with Gasteiger partial charge in [0, 0.05) is 7.05 Å². The van der Waals surface area contributed by atoms with Gasteiger partial charge in [-0.1, -0.05) is 12.1 Å². The molecule has 0 fully saturated rings. The molecule has 0 bridgehead atoms. The molecule has 1 amide bonds. The number of esters is 1. The maximum Gasteiger partial charge on any atom is 0.325 e. The molecule has 0 aromatic heterocycles. The topological polar surface area (TPSA) is 65.1 Å². The maximum atomic E-state index is 12.1. The van der Waals surface area contributed by atoms with Gasteiger partial charge < -0.3 is 19.1 Å². The van der Waals surface area contributed by atoms with Gasteiger partial charge in [0.2, 0.25) is 6.10 Å². The minimum Gasteiger partial charge on any atom is -0.485 e. The Bertz CT molecular complexity index is 488. The molecule has 1 aromatic carbocycles. The van der Waals surface area contributed by atoms with Crippen LogP contribution >= 0.6 is 0 Å². The number of hydrogen-bond donors (Lipinski definition) is 0. The molecule has 1 aromatic rings. The third kappa shape index (κ3) is 2.96. The quantitative estimate of drug-likeness (QED) is 0.743. The van der Waals surface area contributed by atoms with Crippen LogP contribution in [0.25, 0.3) is 0 Å². The van der Waals surface area contributed by atoms with Gasteiger partial charge in [-0.2, -0.15) is 0 Å². The third-order valence-corrected chi connectivity index (χ3v) is 2.75. The van der Waals surface area contributed by atoms with Crippen molar-refractivity contribution in [3.05, 3.63) is 24.3 Å². The van der Waals surface area contributed by atoms with Crippen LogP contribution in [0.4, 0.5) is 0 Å². The van der Waals surface area contributed by atoms with E-state index in [0.29, 0.717) is 11.5 Å². The van der Waals surface area contributed by atoms with Crippen molar-refractivity contribution in [3.8, 4) is 11.5 Å². The molecular weight excluding hydrogens is 250 g/mol. The molecule has 0 spiro atoms. The molecule has 0 saturated carbocycles. The Kier molecular flexibility index (Phi) is 3.89. The van der Waals surface area contributed by atoms with Gasteiger partial charge in [0.25, 0.3) is 5.91 Å². The van der Waals surface area contributed by atoms with E-state index in [4.69, 9.17) is 9.47 Å². The molecule has 0 aliphatic carbocycles. The van der Waals surface area contributed by atoms with Gasteiger partial charge in [-0.25, -0.2) is 0 Å². The van der Waals surface area contributed by atoms with Gasteiger partial charge in [-0.3, -0.25) is 9.59 Å². The summed E-state index contributed by atoms with van der Waals surface area (Å²) in [5, 5.41) is 0. The van der Waals surface area contributed by atoms with Crippen LogP contribution in [0.2, 0.25) is 0 Å². The molecule has 0 saturated heterocycles. The summed E-state index contributed by atoms with van der Waals surface area (Å²) in [7, 11) is 2.79. The highest BCUT2D eigenvalue weighted by molar-refractivity contribution is 5.85. The molecule has 102 valence electrons. The highest BCUT2D eigenvalue weighted by Gasteiger charge is 2.30. The predicted octanol–water partition coefficient (Wildman–Crippen LogP) is 0.458. The van der Waals surface area contributed by atoms with Gasteiger partial charge in [0.1, 0.15) is 13.2 Å². The molecule has 0 radical (unpaired) electrons. The van der Waals surface area contributed by atoms with Crippen molar-refractivity contribution in [1.29, 1.82) is 0 Å². The lowest BCUT2D eigenvalue weighted by Gasteiger charge is -2.28. The minimum atomic E-state index is -0.746. The highest BCUT2D eigenvalue weighted by Crippen LogP contribution is 2.31. The van der Waals surface area contributed by atoms with Crippen molar-refractivity contribution in [1.82, 2.24) is 4.90 Å². The number of para-hydroxylation sites is 2. The lowest BCUT2D eigenvalue weighted by Crippen LogP contribution is -2.46. The van der Waals surface area contributed by atoms with Crippen molar-refractivity contribution in [3.63, 3.8) is 0 Å². The molecule has 6 heteroatoms. The average molecular weight is 265 g/mol. The van der Waals surface area contributed by atoms with Gasteiger partial charge in [-0.05, 0) is 12.1 Å². The standard InChI is InChI=1S/C13H15NO5/c1-14(7-12(15)17-2)13(16)11-8-18-9-5-3-4-6-10(9)19-11/h3-6,11H,7-8H2,1-2H3. The number of carbonyl (C=O) groups is 2. The monoisotopic (exact) mass is 265 g/mol. The number of methoxy groups -OCH3 is 1. The molecule has 6 nitrogen and oxygen atoms in total. The predicted molar refractivity (Wildman–Crippen MR) is 66.0 cm³/mol. The number of likely N-dealkylation sites (N-methyl/N-ethyl adjacent to an activating group) is 1. The second-order valence-electron chi connectivity index (χ2n) is 4.13. The zero-order valence-corrected chi connectivity index (χ0v) is 10.8. The Balaban J connectivity index is 2.00. The van der Waals surface area contributed by atoms with E-state index in [9.17, 15) is 9.59 Å². The Morgan fingerprint density at radius 1 is 1.37 bits per heavy atom. The first-order valence-corrected chi connectivity index (χ1v) is 5.82. The lowest BCUT2D eigenvalue weighted by molar-refractivity contribution is -0.149. The summed E-state index contributed by atoms with van der Waals surface area (Å²) in [6.07, 6.45) is -0.746. The fraction of sp³-hybridized carbons (Fsp3) is 0.385. The van der Waals surface area contributed by atoms with Crippen LogP contribution in [0, 0.1) is 0 Å². The number of rotatable bonds is 3. The summed E-state index contributed by atoms with van der Waals surface area (Å²) in [6, 6.07) is 7.13. The number of ether oxygens (including phenoxy) is 3. The molecule has 1 unspecified atom stereocenters. The number of hydrogen-bond acceptors (Lipinski definition) is 5. The van der Waals surface area contributed by atoms with E-state index in [1.165, 1.54) is 19.1 Å². The van der Waals surface area contributed by atoms with Gasteiger partial charge >= 0.3 is 5.97 Å². The van der Waals surface area contributed by atoms with Crippen molar-refractivity contribution in [2.45, 2.75) is 6.10 Å². The van der Waals surface area contributed by atoms with E-state index in [1.54, 1.807) is 18.2 Å². The van der Waals surface area contributed by atoms with Crippen molar-refractivity contribution < 1.29 is 23.8 Å². The van der Waals surface area contributed by atoms with Gasteiger partial charge in [0.15, 0.2) is 11.5 Å². The molecule has 1 aliphatic rings. The summed E-state index contributed by atoms with van der Waals surface area (Å²) in [4.78, 5) is 24.4. The molecular formula is C13H15NO5. The Labute approximate surface area is 110 Å². The van der Waals surface area contributed by atoms with Crippen LogP contribution in [-0.4, -0.2) is 50.2 Å². The third-order valence-electron chi connectivity index (χ3n) is 2.75. The highest BCUT2D eigenvalue weighted by atomic mass is 16.6. The average Bonchev–Trinajstić information content (AvgIpc) is 2.45. The summed E-state index contributed by atoms with van der Waals surface area (Å²) >= 11 is 0. The van der Waals surface area contributed by atoms with Gasteiger partial charge in [0.05, 0.1) is 7.11 Å². The molecule has 0 N–H and O–H groups in total. The van der Waals surface area contributed by atoms with E-state index >= 15 is 0 Å². The van der Waals surface area contributed by atoms with E-state index < -0.39 is 12.1 Å². The second kappa shape index (κ2) is 5.60.